The maximum absolute atomic E-state index is 12.4. The Labute approximate surface area is 110 Å². The van der Waals surface area contributed by atoms with E-state index in [2.05, 4.69) is 13.2 Å². The van der Waals surface area contributed by atoms with Crippen molar-refractivity contribution in [2.24, 2.45) is 0 Å². The highest BCUT2D eigenvalue weighted by Gasteiger charge is 2.23. The van der Waals surface area contributed by atoms with E-state index >= 15 is 0 Å². The minimum atomic E-state index is -3.30. The lowest BCUT2D eigenvalue weighted by atomic mass is 10.2. The van der Waals surface area contributed by atoms with E-state index in [1.54, 1.807) is 18.2 Å². The summed E-state index contributed by atoms with van der Waals surface area (Å²) in [6.07, 6.45) is 5.56. The zero-order valence-corrected chi connectivity index (χ0v) is 11.6. The Morgan fingerprint density at radius 2 is 1.83 bits per heavy atom. The number of hydrogen-bond acceptors (Lipinski definition) is 2. The molecule has 1 aromatic rings. The smallest absolute Gasteiger partial charge is 0.184 e. The molecule has 0 aromatic heterocycles. The summed E-state index contributed by atoms with van der Waals surface area (Å²) in [7, 11) is -3.30. The molecule has 0 radical (unpaired) electrons. The van der Waals surface area contributed by atoms with E-state index < -0.39 is 15.1 Å². The number of aryl methyl sites for hydroxylation is 1. The fraction of sp³-hybridized carbons (Fsp3) is 0.333. The molecule has 0 unspecified atom stereocenters. The monoisotopic (exact) mass is 264 g/mol. The van der Waals surface area contributed by atoms with Crippen LogP contribution < -0.4 is 0 Å². The molecule has 0 spiro atoms. The Kier molecular flexibility index (Phi) is 5.35. The van der Waals surface area contributed by atoms with E-state index in [9.17, 15) is 8.42 Å². The summed E-state index contributed by atoms with van der Waals surface area (Å²) >= 11 is 0. The number of hydrogen-bond donors (Lipinski definition) is 0. The summed E-state index contributed by atoms with van der Waals surface area (Å²) in [4.78, 5) is 0.372. The first-order chi connectivity index (χ1) is 8.52. The van der Waals surface area contributed by atoms with Crippen LogP contribution in [-0.4, -0.2) is 13.7 Å². The van der Waals surface area contributed by atoms with Gasteiger partial charge in [0.1, 0.15) is 0 Å². The molecule has 0 N–H and O–H groups in total. The summed E-state index contributed by atoms with van der Waals surface area (Å²) in [5, 5.41) is -0.514. The van der Waals surface area contributed by atoms with Crippen LogP contribution in [0.5, 0.6) is 0 Å². The van der Waals surface area contributed by atoms with Crippen molar-refractivity contribution in [3.8, 4) is 0 Å². The van der Waals surface area contributed by atoms with Crippen LogP contribution in [0.4, 0.5) is 0 Å². The zero-order valence-electron chi connectivity index (χ0n) is 10.8. The molecule has 0 aliphatic rings. The highest BCUT2D eigenvalue weighted by Crippen LogP contribution is 2.21. The molecule has 3 heteroatoms. The van der Waals surface area contributed by atoms with Crippen LogP contribution in [0.15, 0.2) is 54.5 Å². The van der Waals surface area contributed by atoms with Crippen molar-refractivity contribution >= 4 is 9.84 Å². The average Bonchev–Trinajstić information content (AvgIpc) is 2.35. The van der Waals surface area contributed by atoms with Gasteiger partial charge in [0.15, 0.2) is 9.84 Å². The molecule has 0 fully saturated rings. The molecule has 1 rings (SSSR count). The Bertz CT molecular complexity index is 498. The van der Waals surface area contributed by atoms with E-state index in [1.807, 2.05) is 19.1 Å². The van der Waals surface area contributed by atoms with Gasteiger partial charge in [-0.3, -0.25) is 0 Å². The molecule has 2 nitrogen and oxygen atoms in total. The van der Waals surface area contributed by atoms with Gasteiger partial charge >= 0.3 is 0 Å². The predicted molar refractivity (Wildman–Crippen MR) is 76.4 cm³/mol. The van der Waals surface area contributed by atoms with E-state index in [0.717, 1.165) is 18.4 Å². The Hall–Kier alpha value is -1.35. The van der Waals surface area contributed by atoms with Crippen molar-refractivity contribution in [3.05, 3.63) is 55.1 Å². The lowest BCUT2D eigenvalue weighted by molar-refractivity contribution is 0.581. The van der Waals surface area contributed by atoms with Crippen LogP contribution in [0.3, 0.4) is 0 Å². The number of allylic oxidation sites excluding steroid dienone is 1. The number of rotatable bonds is 7. The Morgan fingerprint density at radius 3 is 2.33 bits per heavy atom. The fourth-order valence-corrected chi connectivity index (χ4v) is 3.36. The van der Waals surface area contributed by atoms with Crippen LogP contribution in [0.25, 0.3) is 0 Å². The number of sulfone groups is 1. The zero-order chi connectivity index (χ0) is 13.6. The predicted octanol–water partition coefficient (Wildman–Crippen LogP) is 3.68. The molecule has 0 aliphatic heterocycles. The molecule has 0 amide bonds. The maximum Gasteiger partial charge on any atom is 0.184 e. The SMILES string of the molecule is C=CCCC[C@@H](C=C)S(=O)(=O)c1ccc(C)cc1. The van der Waals surface area contributed by atoms with Crippen LogP contribution in [0.2, 0.25) is 0 Å². The molecule has 0 heterocycles. The Morgan fingerprint density at radius 1 is 1.22 bits per heavy atom. The van der Waals surface area contributed by atoms with Gasteiger partial charge in [-0.05, 0) is 38.3 Å². The fourth-order valence-electron chi connectivity index (χ4n) is 1.77. The molecule has 1 aromatic carbocycles. The van der Waals surface area contributed by atoms with Crippen molar-refractivity contribution in [2.45, 2.75) is 36.3 Å². The van der Waals surface area contributed by atoms with E-state index in [-0.39, 0.29) is 0 Å². The summed E-state index contributed by atoms with van der Waals surface area (Å²) in [5.74, 6) is 0. The summed E-state index contributed by atoms with van der Waals surface area (Å²) in [6, 6.07) is 6.96. The van der Waals surface area contributed by atoms with Gasteiger partial charge in [-0.2, -0.15) is 0 Å². The quantitative estimate of drug-likeness (QED) is 0.556. The third-order valence-corrected chi connectivity index (χ3v) is 5.06. The second kappa shape index (κ2) is 6.55. The third-order valence-electron chi connectivity index (χ3n) is 2.91. The molecule has 98 valence electrons. The van der Waals surface area contributed by atoms with E-state index in [1.165, 1.54) is 6.08 Å². The third kappa shape index (κ3) is 3.57. The normalized spacial score (nSPS) is 12.9. The molecule has 0 saturated heterocycles. The van der Waals surface area contributed by atoms with E-state index in [0.29, 0.717) is 11.3 Å². The first-order valence-electron chi connectivity index (χ1n) is 6.06. The van der Waals surface area contributed by atoms with Gasteiger partial charge in [-0.15, -0.1) is 13.2 Å². The van der Waals surface area contributed by atoms with Crippen LogP contribution in [-0.2, 0) is 9.84 Å². The van der Waals surface area contributed by atoms with Crippen LogP contribution in [0.1, 0.15) is 24.8 Å². The largest absolute Gasteiger partial charge is 0.223 e. The minimum Gasteiger partial charge on any atom is -0.223 e. The highest BCUT2D eigenvalue weighted by molar-refractivity contribution is 7.92. The number of benzene rings is 1. The van der Waals surface area contributed by atoms with Crippen molar-refractivity contribution in [1.29, 1.82) is 0 Å². The first kappa shape index (κ1) is 14.7. The highest BCUT2D eigenvalue weighted by atomic mass is 32.2. The maximum atomic E-state index is 12.4. The topological polar surface area (TPSA) is 34.1 Å². The second-order valence-electron chi connectivity index (χ2n) is 4.35. The first-order valence-corrected chi connectivity index (χ1v) is 7.61. The summed E-state index contributed by atoms with van der Waals surface area (Å²) in [6.45, 7) is 9.22. The van der Waals surface area contributed by atoms with Gasteiger partial charge in [0, 0.05) is 0 Å². The van der Waals surface area contributed by atoms with Crippen molar-refractivity contribution in [1.82, 2.24) is 0 Å². The van der Waals surface area contributed by atoms with Crippen LogP contribution >= 0.6 is 0 Å². The summed E-state index contributed by atoms with van der Waals surface area (Å²) < 4.78 is 24.7. The van der Waals surface area contributed by atoms with Gasteiger partial charge in [-0.1, -0.05) is 29.8 Å². The van der Waals surface area contributed by atoms with Crippen molar-refractivity contribution in [2.75, 3.05) is 0 Å². The molecule has 0 bridgehead atoms. The molecule has 0 saturated carbocycles. The lowest BCUT2D eigenvalue weighted by Crippen LogP contribution is -2.19. The Balaban J connectivity index is 2.92. The minimum absolute atomic E-state index is 0.372. The molecule has 18 heavy (non-hydrogen) atoms. The summed E-state index contributed by atoms with van der Waals surface area (Å²) in [5.41, 5.74) is 1.05. The molecule has 0 aliphatic carbocycles. The van der Waals surface area contributed by atoms with Gasteiger partial charge in [0.2, 0.25) is 0 Å². The van der Waals surface area contributed by atoms with Gasteiger partial charge in [-0.25, -0.2) is 8.42 Å². The van der Waals surface area contributed by atoms with Gasteiger partial charge in [0.05, 0.1) is 10.1 Å². The van der Waals surface area contributed by atoms with Crippen molar-refractivity contribution < 1.29 is 8.42 Å². The van der Waals surface area contributed by atoms with Gasteiger partial charge < -0.3 is 0 Å². The molecular formula is C15H20O2S. The number of unbranched alkanes of at least 4 members (excludes halogenated alkanes) is 1. The molecular weight excluding hydrogens is 244 g/mol. The van der Waals surface area contributed by atoms with Crippen LogP contribution in [0, 0.1) is 6.92 Å². The lowest BCUT2D eigenvalue weighted by Gasteiger charge is -2.13. The second-order valence-corrected chi connectivity index (χ2v) is 6.52. The molecule has 1 atom stereocenters. The average molecular weight is 264 g/mol. The standard InChI is InChI=1S/C15H20O2S/c1-4-6-7-8-14(5-2)18(16,17)15-11-9-13(3)10-12-15/h4-5,9-12,14H,1-2,6-8H2,3H3/t14-/m1/s1. The van der Waals surface area contributed by atoms with E-state index in [4.69, 9.17) is 0 Å². The van der Waals surface area contributed by atoms with Crippen molar-refractivity contribution in [3.63, 3.8) is 0 Å². The van der Waals surface area contributed by atoms with Gasteiger partial charge in [0.25, 0.3) is 0 Å².